The second-order valence-electron chi connectivity index (χ2n) is 3.73. The topological polar surface area (TPSA) is 68.1 Å². The van der Waals surface area contributed by atoms with Crippen LogP contribution in [0, 0.1) is 10.1 Å². The summed E-state index contributed by atoms with van der Waals surface area (Å²) in [5, 5.41) is 15.1. The van der Waals surface area contributed by atoms with Gasteiger partial charge in [-0.15, -0.1) is 0 Å². The van der Waals surface area contributed by atoms with E-state index in [1.807, 2.05) is 0 Å². The summed E-state index contributed by atoms with van der Waals surface area (Å²) in [6, 6.07) is 7.92. The molecule has 0 radical (unpaired) electrons. The fraction of sp³-hybridized carbons (Fsp3) is 0.0833. The van der Waals surface area contributed by atoms with Gasteiger partial charge < -0.3 is 5.32 Å². The molecule has 0 saturated carbocycles. The number of nitro groups is 1. The molecule has 5 nitrogen and oxygen atoms in total. The first-order valence-electron chi connectivity index (χ1n) is 5.46. The third-order valence-electron chi connectivity index (χ3n) is 2.37. The number of nitrogens with zero attached hydrogens (tertiary/aromatic N) is 2. The zero-order chi connectivity index (χ0) is 14.7. The van der Waals surface area contributed by atoms with Gasteiger partial charge in [0.25, 0.3) is 5.69 Å². The number of nitrogens with one attached hydrogen (secondary N) is 1. The van der Waals surface area contributed by atoms with Gasteiger partial charge in [-0.2, -0.15) is 0 Å². The number of anilines is 1. The maximum Gasteiger partial charge on any atom is 0.275 e. The number of halogens is 2. The lowest BCUT2D eigenvalue weighted by atomic mass is 10.4. The summed E-state index contributed by atoms with van der Waals surface area (Å²) in [4.78, 5) is 15.5. The Bertz CT molecular complexity index is 667. The highest BCUT2D eigenvalue weighted by atomic mass is 35.5. The summed E-state index contributed by atoms with van der Waals surface area (Å²) in [5.41, 5.74) is -0.0214. The predicted octanol–water partition coefficient (Wildman–Crippen LogP) is 4.49. The van der Waals surface area contributed by atoms with E-state index >= 15 is 0 Å². The highest BCUT2D eigenvalue weighted by Gasteiger charge is 2.12. The van der Waals surface area contributed by atoms with E-state index in [0.717, 1.165) is 4.90 Å². The van der Waals surface area contributed by atoms with Gasteiger partial charge in [0.05, 0.1) is 21.0 Å². The van der Waals surface area contributed by atoms with Crippen LogP contribution in [-0.2, 0) is 0 Å². The molecule has 2 rings (SSSR count). The van der Waals surface area contributed by atoms with E-state index in [0.29, 0.717) is 20.9 Å². The number of aromatic nitrogens is 1. The van der Waals surface area contributed by atoms with E-state index in [2.05, 4.69) is 10.3 Å². The first-order chi connectivity index (χ1) is 9.49. The second kappa shape index (κ2) is 6.30. The Kier molecular flexibility index (Phi) is 4.69. The lowest BCUT2D eigenvalue weighted by Gasteiger charge is -2.05. The van der Waals surface area contributed by atoms with Crippen LogP contribution in [0.3, 0.4) is 0 Å². The standard InChI is InChI=1S/C12H9Cl2N3O2S/c1-15-11-4-7(17(18)19)5-12(16-11)20-8-2-3-9(13)10(14)6-8/h2-6H,1H3,(H,15,16). The molecular formula is C12H9Cl2N3O2S. The molecule has 1 heterocycles. The molecule has 1 aromatic heterocycles. The maximum absolute atomic E-state index is 10.9. The number of benzene rings is 1. The fourth-order valence-electron chi connectivity index (χ4n) is 1.44. The summed E-state index contributed by atoms with van der Waals surface area (Å²) in [7, 11) is 1.65. The van der Waals surface area contributed by atoms with Gasteiger partial charge in [-0.3, -0.25) is 10.1 Å². The first kappa shape index (κ1) is 14.9. The molecular weight excluding hydrogens is 321 g/mol. The Balaban J connectivity index is 2.34. The van der Waals surface area contributed by atoms with Crippen LogP contribution >= 0.6 is 35.0 Å². The van der Waals surface area contributed by atoms with Crippen molar-refractivity contribution in [1.82, 2.24) is 4.98 Å². The Morgan fingerprint density at radius 2 is 2.00 bits per heavy atom. The average molecular weight is 330 g/mol. The molecule has 0 aliphatic carbocycles. The van der Waals surface area contributed by atoms with Crippen molar-refractivity contribution in [3.8, 4) is 0 Å². The largest absolute Gasteiger partial charge is 0.373 e. The number of rotatable bonds is 4. The summed E-state index contributed by atoms with van der Waals surface area (Å²) in [6.45, 7) is 0. The van der Waals surface area contributed by atoms with Crippen molar-refractivity contribution in [3.63, 3.8) is 0 Å². The predicted molar refractivity (Wildman–Crippen MR) is 81.0 cm³/mol. The van der Waals surface area contributed by atoms with Gasteiger partial charge in [-0.25, -0.2) is 4.98 Å². The highest BCUT2D eigenvalue weighted by Crippen LogP contribution is 2.33. The van der Waals surface area contributed by atoms with Gasteiger partial charge in [-0.1, -0.05) is 35.0 Å². The normalized spacial score (nSPS) is 10.3. The van der Waals surface area contributed by atoms with Crippen LogP contribution in [0.15, 0.2) is 40.3 Å². The molecule has 0 fully saturated rings. The molecule has 104 valence electrons. The van der Waals surface area contributed by atoms with Gasteiger partial charge in [0.15, 0.2) is 0 Å². The molecule has 1 N–H and O–H groups in total. The first-order valence-corrected chi connectivity index (χ1v) is 7.04. The van der Waals surface area contributed by atoms with Crippen LogP contribution in [0.4, 0.5) is 11.5 Å². The number of hydrogen-bond acceptors (Lipinski definition) is 5. The summed E-state index contributed by atoms with van der Waals surface area (Å²) >= 11 is 13.0. The monoisotopic (exact) mass is 329 g/mol. The Morgan fingerprint density at radius 3 is 2.60 bits per heavy atom. The minimum Gasteiger partial charge on any atom is -0.373 e. The van der Waals surface area contributed by atoms with Crippen LogP contribution in [0.25, 0.3) is 0 Å². The van der Waals surface area contributed by atoms with Crippen LogP contribution in [0.1, 0.15) is 0 Å². The molecule has 20 heavy (non-hydrogen) atoms. The molecule has 8 heteroatoms. The zero-order valence-corrected chi connectivity index (χ0v) is 12.6. The minimum atomic E-state index is -0.457. The summed E-state index contributed by atoms with van der Waals surface area (Å²) in [6.07, 6.45) is 0. The number of pyridine rings is 1. The summed E-state index contributed by atoms with van der Waals surface area (Å²) < 4.78 is 0. The van der Waals surface area contributed by atoms with Crippen LogP contribution in [0.2, 0.25) is 10.0 Å². The molecule has 0 atom stereocenters. The third kappa shape index (κ3) is 3.53. The number of hydrogen-bond donors (Lipinski definition) is 1. The van der Waals surface area contributed by atoms with Gasteiger partial charge in [-0.05, 0) is 18.2 Å². The molecule has 0 unspecified atom stereocenters. The van der Waals surface area contributed by atoms with Gasteiger partial charge in [0, 0.05) is 18.0 Å². The lowest BCUT2D eigenvalue weighted by Crippen LogP contribution is -1.96. The Morgan fingerprint density at radius 1 is 1.25 bits per heavy atom. The van der Waals surface area contributed by atoms with E-state index in [1.54, 1.807) is 25.2 Å². The second-order valence-corrected chi connectivity index (χ2v) is 5.64. The molecule has 2 aromatic rings. The van der Waals surface area contributed by atoms with E-state index in [4.69, 9.17) is 23.2 Å². The van der Waals surface area contributed by atoms with Crippen molar-refractivity contribution >= 4 is 46.5 Å². The molecule has 1 aromatic carbocycles. The third-order valence-corrected chi connectivity index (χ3v) is 4.01. The highest BCUT2D eigenvalue weighted by molar-refractivity contribution is 7.99. The van der Waals surface area contributed by atoms with E-state index < -0.39 is 4.92 Å². The molecule has 0 saturated heterocycles. The SMILES string of the molecule is CNc1cc([N+](=O)[O-])cc(Sc2ccc(Cl)c(Cl)c2)n1. The Hall–Kier alpha value is -1.50. The van der Waals surface area contributed by atoms with Crippen molar-refractivity contribution in [2.24, 2.45) is 0 Å². The summed E-state index contributed by atoms with van der Waals surface area (Å²) in [5.74, 6) is 0.432. The van der Waals surface area contributed by atoms with Crippen LogP contribution in [-0.4, -0.2) is 17.0 Å². The molecule has 0 spiro atoms. The molecule has 0 amide bonds. The molecule has 0 aliphatic heterocycles. The van der Waals surface area contributed by atoms with Crippen molar-refractivity contribution < 1.29 is 4.92 Å². The van der Waals surface area contributed by atoms with E-state index in [9.17, 15) is 10.1 Å². The van der Waals surface area contributed by atoms with Crippen molar-refractivity contribution in [2.45, 2.75) is 9.92 Å². The molecule has 0 bridgehead atoms. The smallest absolute Gasteiger partial charge is 0.275 e. The van der Waals surface area contributed by atoms with Crippen LogP contribution in [0.5, 0.6) is 0 Å². The quantitative estimate of drug-likeness (QED) is 0.661. The molecule has 0 aliphatic rings. The van der Waals surface area contributed by atoms with Gasteiger partial charge in [0.1, 0.15) is 10.8 Å². The lowest BCUT2D eigenvalue weighted by molar-refractivity contribution is -0.385. The fourth-order valence-corrected chi connectivity index (χ4v) is 2.68. The Labute approximate surface area is 129 Å². The van der Waals surface area contributed by atoms with Crippen molar-refractivity contribution in [1.29, 1.82) is 0 Å². The minimum absolute atomic E-state index is 0.0214. The van der Waals surface area contributed by atoms with E-state index in [-0.39, 0.29) is 5.69 Å². The zero-order valence-electron chi connectivity index (χ0n) is 10.3. The van der Waals surface area contributed by atoms with E-state index in [1.165, 1.54) is 23.9 Å². The van der Waals surface area contributed by atoms with Crippen molar-refractivity contribution in [2.75, 3.05) is 12.4 Å². The van der Waals surface area contributed by atoms with Crippen LogP contribution < -0.4 is 5.32 Å². The van der Waals surface area contributed by atoms with Gasteiger partial charge >= 0.3 is 0 Å². The average Bonchev–Trinajstić information content (AvgIpc) is 2.42. The van der Waals surface area contributed by atoms with Gasteiger partial charge in [0.2, 0.25) is 0 Å². The van der Waals surface area contributed by atoms with Crippen molar-refractivity contribution in [3.05, 3.63) is 50.5 Å². The maximum atomic E-state index is 10.9.